The number of nitrogens with zero attached hydrogens (tertiary/aromatic N) is 1. The molecule has 0 aromatic carbocycles. The van der Waals surface area contributed by atoms with E-state index in [1.807, 2.05) is 11.3 Å². The largest absolute Gasteiger partial charge is 0.319 e. The average Bonchev–Trinajstić information content (AvgIpc) is 2.72. The maximum absolute atomic E-state index is 6.45. The highest BCUT2D eigenvalue weighted by atomic mass is 32.1. The first-order valence-corrected chi connectivity index (χ1v) is 7.15. The van der Waals surface area contributed by atoms with Gasteiger partial charge < -0.3 is 5.73 Å². The number of fused-ring (bicyclic) bond motifs is 1. The van der Waals surface area contributed by atoms with Crippen LogP contribution in [0.5, 0.6) is 0 Å². The molecular weight excluding hydrogens is 216 g/mol. The minimum atomic E-state index is -0.253. The highest BCUT2D eigenvalue weighted by Gasteiger charge is 2.32. The normalized spacial score (nSPS) is 21.2. The van der Waals surface area contributed by atoms with E-state index < -0.39 is 0 Å². The number of aromatic nitrogens is 1. The topological polar surface area (TPSA) is 38.9 Å². The van der Waals surface area contributed by atoms with E-state index in [1.165, 1.54) is 29.8 Å². The molecule has 0 amide bonds. The summed E-state index contributed by atoms with van der Waals surface area (Å²) >= 11 is 1.85. The van der Waals surface area contributed by atoms with Crippen molar-refractivity contribution in [2.75, 3.05) is 0 Å². The van der Waals surface area contributed by atoms with Crippen molar-refractivity contribution in [3.05, 3.63) is 15.6 Å². The van der Waals surface area contributed by atoms with Gasteiger partial charge >= 0.3 is 0 Å². The van der Waals surface area contributed by atoms with Gasteiger partial charge in [-0.25, -0.2) is 4.98 Å². The van der Waals surface area contributed by atoms with Crippen molar-refractivity contribution in [2.45, 2.75) is 58.4 Å². The molecule has 2 N–H and O–H groups in total. The molecule has 2 rings (SSSR count). The summed E-state index contributed by atoms with van der Waals surface area (Å²) in [4.78, 5) is 6.27. The van der Waals surface area contributed by atoms with E-state index in [0.717, 1.165) is 17.8 Å². The Hall–Kier alpha value is -0.410. The maximum Gasteiger partial charge on any atom is 0.113 e. The Morgan fingerprint density at radius 1 is 1.44 bits per heavy atom. The van der Waals surface area contributed by atoms with Crippen LogP contribution in [-0.4, -0.2) is 4.98 Å². The number of aryl methyl sites for hydroxylation is 2. The Morgan fingerprint density at radius 2 is 2.12 bits per heavy atom. The molecule has 1 aliphatic rings. The van der Waals surface area contributed by atoms with Crippen molar-refractivity contribution in [1.29, 1.82) is 0 Å². The van der Waals surface area contributed by atoms with Gasteiger partial charge in [-0.05, 0) is 38.5 Å². The molecule has 1 aromatic rings. The number of hydrogen-bond acceptors (Lipinski definition) is 3. The van der Waals surface area contributed by atoms with Crippen LogP contribution in [0.4, 0.5) is 0 Å². The van der Waals surface area contributed by atoms with Crippen LogP contribution in [0, 0.1) is 5.92 Å². The molecule has 1 aliphatic carbocycles. The highest BCUT2D eigenvalue weighted by Crippen LogP contribution is 2.35. The number of nitrogens with two attached hydrogens (primary N) is 1. The number of thiazole rings is 1. The van der Waals surface area contributed by atoms with Crippen LogP contribution >= 0.6 is 11.3 Å². The Bertz CT molecular complexity index is 345. The quantitative estimate of drug-likeness (QED) is 0.878. The summed E-state index contributed by atoms with van der Waals surface area (Å²) in [6.07, 6.45) is 6.09. The third kappa shape index (κ3) is 2.03. The smallest absolute Gasteiger partial charge is 0.113 e. The monoisotopic (exact) mass is 238 g/mol. The van der Waals surface area contributed by atoms with Crippen molar-refractivity contribution >= 4 is 11.3 Å². The molecule has 1 heterocycles. The summed E-state index contributed by atoms with van der Waals surface area (Å²) in [6, 6.07) is 0. The van der Waals surface area contributed by atoms with Crippen LogP contribution in [0.15, 0.2) is 0 Å². The lowest BCUT2D eigenvalue weighted by Crippen LogP contribution is -2.39. The van der Waals surface area contributed by atoms with Gasteiger partial charge in [-0.1, -0.05) is 20.3 Å². The molecule has 3 heteroatoms. The molecule has 0 spiro atoms. The molecule has 2 unspecified atom stereocenters. The first-order valence-electron chi connectivity index (χ1n) is 6.33. The van der Waals surface area contributed by atoms with Crippen LogP contribution in [0.3, 0.4) is 0 Å². The molecule has 0 fully saturated rings. The van der Waals surface area contributed by atoms with Crippen LogP contribution in [0.1, 0.15) is 55.6 Å². The summed E-state index contributed by atoms with van der Waals surface area (Å²) < 4.78 is 0. The molecule has 0 radical (unpaired) electrons. The van der Waals surface area contributed by atoms with Crippen molar-refractivity contribution < 1.29 is 0 Å². The van der Waals surface area contributed by atoms with E-state index in [0.29, 0.717) is 5.92 Å². The average molecular weight is 238 g/mol. The van der Waals surface area contributed by atoms with Crippen molar-refractivity contribution in [2.24, 2.45) is 11.7 Å². The Kier molecular flexibility index (Phi) is 3.36. The van der Waals surface area contributed by atoms with E-state index in [2.05, 4.69) is 20.8 Å². The van der Waals surface area contributed by atoms with Gasteiger partial charge in [-0.2, -0.15) is 0 Å². The summed E-state index contributed by atoms with van der Waals surface area (Å²) in [5.74, 6) is 0.486. The minimum Gasteiger partial charge on any atom is -0.319 e. The van der Waals surface area contributed by atoms with E-state index in [-0.39, 0.29) is 5.54 Å². The van der Waals surface area contributed by atoms with Gasteiger partial charge in [0.15, 0.2) is 0 Å². The zero-order chi connectivity index (χ0) is 11.8. The van der Waals surface area contributed by atoms with E-state index in [9.17, 15) is 0 Å². The molecule has 0 saturated carbocycles. The zero-order valence-corrected chi connectivity index (χ0v) is 11.4. The van der Waals surface area contributed by atoms with Crippen LogP contribution in [0.25, 0.3) is 0 Å². The van der Waals surface area contributed by atoms with Gasteiger partial charge in [0.2, 0.25) is 0 Å². The molecule has 0 aliphatic heterocycles. The summed E-state index contributed by atoms with van der Waals surface area (Å²) in [6.45, 7) is 6.55. The molecule has 1 aromatic heterocycles. The van der Waals surface area contributed by atoms with E-state index in [1.54, 1.807) is 0 Å². The van der Waals surface area contributed by atoms with E-state index in [4.69, 9.17) is 10.7 Å². The summed E-state index contributed by atoms with van der Waals surface area (Å²) in [5, 5.41) is 1.15. The van der Waals surface area contributed by atoms with Gasteiger partial charge in [0.25, 0.3) is 0 Å². The molecule has 0 bridgehead atoms. The Morgan fingerprint density at radius 3 is 2.75 bits per heavy atom. The Labute approximate surface area is 102 Å². The molecule has 2 nitrogen and oxygen atoms in total. The molecule has 16 heavy (non-hydrogen) atoms. The second-order valence-electron chi connectivity index (χ2n) is 5.19. The first kappa shape index (κ1) is 12.1. The lowest BCUT2D eigenvalue weighted by atomic mass is 9.87. The standard InChI is InChI=1S/C13H22N2S/c1-4-9(2)13(3,14)12-15-10-7-5-6-8-11(10)16-12/h9H,4-8,14H2,1-3H3. The van der Waals surface area contributed by atoms with E-state index >= 15 is 0 Å². The second-order valence-corrected chi connectivity index (χ2v) is 6.27. The van der Waals surface area contributed by atoms with Crippen LogP contribution < -0.4 is 5.73 Å². The summed E-state index contributed by atoms with van der Waals surface area (Å²) in [7, 11) is 0. The fraction of sp³-hybridized carbons (Fsp3) is 0.769. The van der Waals surface area contributed by atoms with Gasteiger partial charge in [-0.15, -0.1) is 11.3 Å². The van der Waals surface area contributed by atoms with Gasteiger partial charge in [-0.3, -0.25) is 0 Å². The fourth-order valence-corrected chi connectivity index (χ4v) is 3.54. The summed E-state index contributed by atoms with van der Waals surface area (Å²) in [5.41, 5.74) is 7.52. The third-order valence-electron chi connectivity index (χ3n) is 3.94. The lowest BCUT2D eigenvalue weighted by molar-refractivity contribution is 0.314. The predicted octanol–water partition coefficient (Wildman–Crippen LogP) is 3.24. The Balaban J connectivity index is 2.30. The zero-order valence-electron chi connectivity index (χ0n) is 10.5. The highest BCUT2D eigenvalue weighted by molar-refractivity contribution is 7.11. The van der Waals surface area contributed by atoms with Crippen molar-refractivity contribution in [1.82, 2.24) is 4.98 Å². The molecule has 2 atom stereocenters. The number of hydrogen-bond donors (Lipinski definition) is 1. The van der Waals surface area contributed by atoms with Gasteiger partial charge in [0.1, 0.15) is 5.01 Å². The lowest BCUT2D eigenvalue weighted by Gasteiger charge is -2.28. The van der Waals surface area contributed by atoms with Crippen LogP contribution in [0.2, 0.25) is 0 Å². The molecule has 0 saturated heterocycles. The second kappa shape index (κ2) is 4.46. The maximum atomic E-state index is 6.45. The number of rotatable bonds is 3. The fourth-order valence-electron chi connectivity index (χ4n) is 2.22. The molecule has 90 valence electrons. The van der Waals surface area contributed by atoms with Gasteiger partial charge in [0, 0.05) is 4.88 Å². The SMILES string of the molecule is CCC(C)C(C)(N)c1nc2c(s1)CCCC2. The first-order chi connectivity index (χ1) is 7.55. The minimum absolute atomic E-state index is 0.253. The van der Waals surface area contributed by atoms with Crippen LogP contribution in [-0.2, 0) is 18.4 Å². The molecular formula is C13H22N2S. The third-order valence-corrected chi connectivity index (χ3v) is 5.35. The predicted molar refractivity (Wildman–Crippen MR) is 69.8 cm³/mol. The van der Waals surface area contributed by atoms with Gasteiger partial charge in [0.05, 0.1) is 11.2 Å². The van der Waals surface area contributed by atoms with Crippen molar-refractivity contribution in [3.8, 4) is 0 Å². The van der Waals surface area contributed by atoms with Crippen molar-refractivity contribution in [3.63, 3.8) is 0 Å².